The molecule has 0 aromatic heterocycles. The first-order valence-corrected chi connectivity index (χ1v) is 3.86. The molecule has 0 atom stereocenters. The Labute approximate surface area is 66.5 Å². The first-order valence-electron chi connectivity index (χ1n) is 3.86. The summed E-state index contributed by atoms with van der Waals surface area (Å²) in [4.78, 5) is 13.4. The molecule has 0 spiro atoms. The second-order valence-electron chi connectivity index (χ2n) is 3.15. The summed E-state index contributed by atoms with van der Waals surface area (Å²) in [6.45, 7) is 1.41. The van der Waals surface area contributed by atoms with E-state index in [2.05, 4.69) is 4.99 Å². The third kappa shape index (κ3) is 2.45. The summed E-state index contributed by atoms with van der Waals surface area (Å²) in [6.07, 6.45) is 4.96. The average Bonchev–Trinajstić information content (AvgIpc) is 2.79. The second kappa shape index (κ2) is 3.65. The minimum atomic E-state index is 0.299. The minimum Gasteiger partial charge on any atom is -0.385 e. The molecule has 1 rings (SSSR count). The third-order valence-corrected chi connectivity index (χ3v) is 2.27. The van der Waals surface area contributed by atoms with E-state index < -0.39 is 0 Å². The SMILES string of the molecule is COCCC1(CN=C=O)CC1. The van der Waals surface area contributed by atoms with Crippen LogP contribution in [0.5, 0.6) is 0 Å². The molecular weight excluding hydrogens is 142 g/mol. The van der Waals surface area contributed by atoms with Crippen LogP contribution in [0, 0.1) is 5.41 Å². The Kier molecular flexibility index (Phi) is 2.80. The van der Waals surface area contributed by atoms with Crippen molar-refractivity contribution in [2.75, 3.05) is 20.3 Å². The number of aliphatic imine (C=N–C) groups is 1. The van der Waals surface area contributed by atoms with Crippen LogP contribution < -0.4 is 0 Å². The number of hydrogen-bond acceptors (Lipinski definition) is 3. The van der Waals surface area contributed by atoms with Crippen molar-refractivity contribution in [1.29, 1.82) is 0 Å². The van der Waals surface area contributed by atoms with Crippen molar-refractivity contribution in [2.45, 2.75) is 19.3 Å². The molecule has 1 fully saturated rings. The molecule has 3 nitrogen and oxygen atoms in total. The fourth-order valence-corrected chi connectivity index (χ4v) is 1.18. The predicted octanol–water partition coefficient (Wildman–Crippen LogP) is 1.14. The summed E-state index contributed by atoms with van der Waals surface area (Å²) in [7, 11) is 1.69. The molecular formula is C8H13NO2. The molecule has 62 valence electrons. The molecule has 0 bridgehead atoms. The highest BCUT2D eigenvalue weighted by atomic mass is 16.5. The van der Waals surface area contributed by atoms with E-state index in [4.69, 9.17) is 4.74 Å². The average molecular weight is 155 g/mol. The lowest BCUT2D eigenvalue weighted by Gasteiger charge is -2.08. The Morgan fingerprint density at radius 3 is 2.82 bits per heavy atom. The summed E-state index contributed by atoms with van der Waals surface area (Å²) in [5.41, 5.74) is 0.299. The summed E-state index contributed by atoms with van der Waals surface area (Å²) < 4.78 is 4.96. The van der Waals surface area contributed by atoms with Gasteiger partial charge in [0, 0.05) is 13.7 Å². The Morgan fingerprint density at radius 2 is 2.36 bits per heavy atom. The van der Waals surface area contributed by atoms with Gasteiger partial charge in [0.25, 0.3) is 0 Å². The Morgan fingerprint density at radius 1 is 1.64 bits per heavy atom. The third-order valence-electron chi connectivity index (χ3n) is 2.27. The lowest BCUT2D eigenvalue weighted by Crippen LogP contribution is -2.08. The molecule has 0 N–H and O–H groups in total. The lowest BCUT2D eigenvalue weighted by molar-refractivity contribution is 0.174. The number of rotatable bonds is 5. The van der Waals surface area contributed by atoms with Crippen LogP contribution in [0.2, 0.25) is 0 Å². The second-order valence-corrected chi connectivity index (χ2v) is 3.15. The zero-order valence-corrected chi connectivity index (χ0v) is 6.80. The van der Waals surface area contributed by atoms with E-state index in [0.29, 0.717) is 12.0 Å². The van der Waals surface area contributed by atoms with Crippen LogP contribution in [0.15, 0.2) is 4.99 Å². The minimum absolute atomic E-state index is 0.299. The van der Waals surface area contributed by atoms with E-state index in [1.807, 2.05) is 0 Å². The highest BCUT2D eigenvalue weighted by Crippen LogP contribution is 2.48. The standard InChI is InChI=1S/C8H13NO2/c1-11-5-4-8(2-3-8)6-9-7-10/h2-6H2,1H3. The molecule has 0 aromatic rings. The van der Waals surface area contributed by atoms with E-state index in [1.54, 1.807) is 13.2 Å². The lowest BCUT2D eigenvalue weighted by atomic mass is 10.0. The Bertz CT molecular complexity index is 169. The van der Waals surface area contributed by atoms with Gasteiger partial charge in [-0.1, -0.05) is 0 Å². The number of carbonyl (C=O) groups excluding carboxylic acids is 1. The molecule has 0 radical (unpaired) electrons. The van der Waals surface area contributed by atoms with E-state index in [-0.39, 0.29) is 0 Å². The number of hydrogen-bond donors (Lipinski definition) is 0. The molecule has 0 unspecified atom stereocenters. The molecule has 1 aliphatic carbocycles. The highest BCUT2D eigenvalue weighted by Gasteiger charge is 2.41. The Balaban J connectivity index is 2.23. The molecule has 0 aromatic carbocycles. The van der Waals surface area contributed by atoms with Gasteiger partial charge in [0.2, 0.25) is 6.08 Å². The first-order chi connectivity index (χ1) is 5.33. The molecule has 0 aliphatic heterocycles. The van der Waals surface area contributed by atoms with Crippen LogP contribution in [-0.2, 0) is 9.53 Å². The van der Waals surface area contributed by atoms with E-state index in [1.165, 1.54) is 12.8 Å². The maximum atomic E-state index is 9.83. The number of isocyanates is 1. The van der Waals surface area contributed by atoms with Crippen molar-refractivity contribution in [3.05, 3.63) is 0 Å². The molecule has 1 saturated carbocycles. The van der Waals surface area contributed by atoms with Crippen LogP contribution >= 0.6 is 0 Å². The van der Waals surface area contributed by atoms with E-state index >= 15 is 0 Å². The van der Waals surface area contributed by atoms with Crippen molar-refractivity contribution in [2.24, 2.45) is 10.4 Å². The van der Waals surface area contributed by atoms with Crippen LogP contribution in [0.1, 0.15) is 19.3 Å². The van der Waals surface area contributed by atoms with Crippen molar-refractivity contribution in [3.63, 3.8) is 0 Å². The van der Waals surface area contributed by atoms with Gasteiger partial charge in [-0.2, -0.15) is 0 Å². The maximum Gasteiger partial charge on any atom is 0.234 e. The summed E-state index contributed by atoms with van der Waals surface area (Å²) >= 11 is 0. The highest BCUT2D eigenvalue weighted by molar-refractivity contribution is 5.33. The Hall–Kier alpha value is -0.660. The van der Waals surface area contributed by atoms with Gasteiger partial charge in [-0.25, -0.2) is 9.79 Å². The normalized spacial score (nSPS) is 19.0. The number of methoxy groups -OCH3 is 1. The number of ether oxygens (including phenoxy) is 1. The summed E-state index contributed by atoms with van der Waals surface area (Å²) in [6, 6.07) is 0. The topological polar surface area (TPSA) is 38.7 Å². The summed E-state index contributed by atoms with van der Waals surface area (Å²) in [5, 5.41) is 0. The molecule has 0 amide bonds. The predicted molar refractivity (Wildman–Crippen MR) is 41.1 cm³/mol. The van der Waals surface area contributed by atoms with Gasteiger partial charge in [-0.05, 0) is 24.7 Å². The quantitative estimate of drug-likeness (QED) is 0.441. The van der Waals surface area contributed by atoms with Crippen LogP contribution in [0.3, 0.4) is 0 Å². The van der Waals surface area contributed by atoms with Gasteiger partial charge in [0.1, 0.15) is 0 Å². The zero-order chi connectivity index (χ0) is 8.16. The van der Waals surface area contributed by atoms with Gasteiger partial charge < -0.3 is 4.74 Å². The fraction of sp³-hybridized carbons (Fsp3) is 0.875. The molecule has 1 aliphatic rings. The van der Waals surface area contributed by atoms with Crippen LogP contribution in [0.4, 0.5) is 0 Å². The van der Waals surface area contributed by atoms with Gasteiger partial charge in [0.15, 0.2) is 0 Å². The van der Waals surface area contributed by atoms with E-state index in [0.717, 1.165) is 13.0 Å². The zero-order valence-electron chi connectivity index (χ0n) is 6.80. The number of nitrogens with zero attached hydrogens (tertiary/aromatic N) is 1. The molecule has 0 saturated heterocycles. The van der Waals surface area contributed by atoms with Gasteiger partial charge >= 0.3 is 0 Å². The fourth-order valence-electron chi connectivity index (χ4n) is 1.18. The van der Waals surface area contributed by atoms with E-state index in [9.17, 15) is 4.79 Å². The molecule has 11 heavy (non-hydrogen) atoms. The van der Waals surface area contributed by atoms with Crippen LogP contribution in [0.25, 0.3) is 0 Å². The largest absolute Gasteiger partial charge is 0.385 e. The van der Waals surface area contributed by atoms with Gasteiger partial charge in [0.05, 0.1) is 6.54 Å². The van der Waals surface area contributed by atoms with Crippen molar-refractivity contribution in [1.82, 2.24) is 0 Å². The molecule has 3 heteroatoms. The maximum absolute atomic E-state index is 9.83. The van der Waals surface area contributed by atoms with Crippen molar-refractivity contribution in [3.8, 4) is 0 Å². The summed E-state index contributed by atoms with van der Waals surface area (Å²) in [5.74, 6) is 0. The van der Waals surface area contributed by atoms with Crippen molar-refractivity contribution < 1.29 is 9.53 Å². The smallest absolute Gasteiger partial charge is 0.234 e. The molecule has 0 heterocycles. The monoisotopic (exact) mass is 155 g/mol. The van der Waals surface area contributed by atoms with Gasteiger partial charge in [-0.3, -0.25) is 0 Å². The van der Waals surface area contributed by atoms with Crippen molar-refractivity contribution >= 4 is 6.08 Å². The van der Waals surface area contributed by atoms with Gasteiger partial charge in [-0.15, -0.1) is 0 Å². The first kappa shape index (κ1) is 8.44. The van der Waals surface area contributed by atoms with Crippen LogP contribution in [-0.4, -0.2) is 26.3 Å².